The minimum absolute atomic E-state index is 0.146. The summed E-state index contributed by atoms with van der Waals surface area (Å²) in [7, 11) is 0. The quantitative estimate of drug-likeness (QED) is 0.750. The van der Waals surface area contributed by atoms with Gasteiger partial charge >= 0.3 is 0 Å². The third kappa shape index (κ3) is 2.47. The molecule has 0 saturated carbocycles. The largest absolute Gasteiger partial charge is 0.288 e. The highest BCUT2D eigenvalue weighted by Crippen LogP contribution is 2.26. The zero-order valence-electron chi connectivity index (χ0n) is 10.1. The van der Waals surface area contributed by atoms with E-state index in [-0.39, 0.29) is 10.8 Å². The lowest BCUT2D eigenvalue weighted by molar-refractivity contribution is 0.104. The molecule has 2 aromatic rings. The van der Waals surface area contributed by atoms with Crippen LogP contribution in [0.25, 0.3) is 0 Å². The maximum absolute atomic E-state index is 13.3. The maximum Gasteiger partial charge on any atom is 0.204 e. The Hall–Kier alpha value is -1.19. The second kappa shape index (κ2) is 5.21. The van der Waals surface area contributed by atoms with E-state index >= 15 is 0 Å². The van der Waals surface area contributed by atoms with Crippen molar-refractivity contribution in [3.8, 4) is 0 Å². The van der Waals surface area contributed by atoms with Crippen molar-refractivity contribution in [3.05, 3.63) is 56.0 Å². The molecule has 4 heteroatoms. The second-order valence-corrected chi connectivity index (χ2v) is 5.61. The van der Waals surface area contributed by atoms with Gasteiger partial charge in [-0.05, 0) is 43.2 Å². The minimum atomic E-state index is -0.392. The lowest BCUT2D eigenvalue weighted by Gasteiger charge is -2.04. The van der Waals surface area contributed by atoms with E-state index < -0.39 is 5.82 Å². The molecule has 0 aliphatic rings. The van der Waals surface area contributed by atoms with Gasteiger partial charge in [0, 0.05) is 10.4 Å². The van der Waals surface area contributed by atoms with Gasteiger partial charge in [-0.2, -0.15) is 0 Å². The van der Waals surface area contributed by atoms with E-state index in [1.165, 1.54) is 23.5 Å². The van der Waals surface area contributed by atoms with Gasteiger partial charge in [0.2, 0.25) is 5.78 Å². The first kappa shape index (κ1) is 13.2. The minimum Gasteiger partial charge on any atom is -0.288 e. The highest BCUT2D eigenvalue weighted by atomic mass is 35.5. The lowest BCUT2D eigenvalue weighted by atomic mass is 10.1. The number of benzene rings is 1. The Kier molecular flexibility index (Phi) is 3.83. The molecule has 0 fully saturated rings. The zero-order valence-corrected chi connectivity index (χ0v) is 11.7. The first-order valence-electron chi connectivity index (χ1n) is 5.62. The molecule has 2 rings (SSSR count). The molecule has 94 valence electrons. The third-order valence-electron chi connectivity index (χ3n) is 2.73. The van der Waals surface area contributed by atoms with Gasteiger partial charge in [0.25, 0.3) is 0 Å². The predicted octanol–water partition coefficient (Wildman–Crippen LogP) is 4.64. The molecule has 0 radical (unpaired) electrons. The van der Waals surface area contributed by atoms with E-state index in [4.69, 9.17) is 11.6 Å². The van der Waals surface area contributed by atoms with Crippen LogP contribution < -0.4 is 0 Å². The number of carbonyl (C=O) groups excluding carboxylic acids is 1. The van der Waals surface area contributed by atoms with Crippen LogP contribution in [0.3, 0.4) is 0 Å². The molecule has 0 saturated heterocycles. The van der Waals surface area contributed by atoms with E-state index in [1.54, 1.807) is 13.0 Å². The zero-order chi connectivity index (χ0) is 13.3. The molecule has 1 aromatic carbocycles. The number of hydrogen-bond acceptors (Lipinski definition) is 2. The first-order chi connectivity index (χ1) is 8.52. The van der Waals surface area contributed by atoms with Crippen molar-refractivity contribution in [2.45, 2.75) is 20.3 Å². The maximum atomic E-state index is 13.3. The second-order valence-electron chi connectivity index (χ2n) is 4.03. The summed E-state index contributed by atoms with van der Waals surface area (Å²) >= 11 is 7.38. The molecule has 0 N–H and O–H groups in total. The molecule has 1 nitrogen and oxygen atoms in total. The molecule has 0 aliphatic carbocycles. The molecular formula is C14H12ClFOS. The van der Waals surface area contributed by atoms with Gasteiger partial charge in [0.1, 0.15) is 5.82 Å². The fraction of sp³-hybridized carbons (Fsp3) is 0.214. The van der Waals surface area contributed by atoms with Crippen molar-refractivity contribution in [2.75, 3.05) is 0 Å². The van der Waals surface area contributed by atoms with E-state index in [1.807, 2.05) is 13.0 Å². The van der Waals surface area contributed by atoms with E-state index in [0.717, 1.165) is 11.3 Å². The Morgan fingerprint density at radius 2 is 2.11 bits per heavy atom. The molecule has 0 spiro atoms. The van der Waals surface area contributed by atoms with Crippen molar-refractivity contribution >= 4 is 28.7 Å². The number of rotatable bonds is 3. The van der Waals surface area contributed by atoms with Crippen molar-refractivity contribution < 1.29 is 9.18 Å². The van der Waals surface area contributed by atoms with Crippen LogP contribution in [0.4, 0.5) is 4.39 Å². The Morgan fingerprint density at radius 1 is 1.39 bits per heavy atom. The summed E-state index contributed by atoms with van der Waals surface area (Å²) < 4.78 is 13.3. The van der Waals surface area contributed by atoms with Crippen molar-refractivity contribution in [3.63, 3.8) is 0 Å². The van der Waals surface area contributed by atoms with Crippen molar-refractivity contribution in [1.29, 1.82) is 0 Å². The molecule has 1 heterocycles. The Bertz CT molecular complexity index is 604. The molecule has 0 amide bonds. The number of halogens is 2. The highest BCUT2D eigenvalue weighted by molar-refractivity contribution is 7.14. The number of hydrogen-bond donors (Lipinski definition) is 0. The van der Waals surface area contributed by atoms with Crippen LogP contribution in [0.2, 0.25) is 5.02 Å². The Morgan fingerprint density at radius 3 is 2.72 bits per heavy atom. The molecule has 18 heavy (non-hydrogen) atoms. The van der Waals surface area contributed by atoms with Gasteiger partial charge in [-0.25, -0.2) is 4.39 Å². The standard InChI is InChI=1S/C14H12ClFOS/c1-3-9-4-5-13(18-9)14(17)10-6-8(2)12(16)7-11(10)15/h4-7H,3H2,1-2H3. The van der Waals surface area contributed by atoms with Crippen molar-refractivity contribution in [2.24, 2.45) is 0 Å². The molecule has 0 bridgehead atoms. The van der Waals surface area contributed by atoms with Crippen LogP contribution in [0.5, 0.6) is 0 Å². The van der Waals surface area contributed by atoms with Crippen molar-refractivity contribution in [1.82, 2.24) is 0 Å². The lowest BCUT2D eigenvalue weighted by Crippen LogP contribution is -2.01. The summed E-state index contributed by atoms with van der Waals surface area (Å²) in [5, 5.41) is 0.162. The van der Waals surface area contributed by atoms with E-state index in [2.05, 4.69) is 0 Å². The Labute approximate surface area is 114 Å². The molecule has 0 atom stereocenters. The van der Waals surface area contributed by atoms with Gasteiger partial charge in [0.15, 0.2) is 0 Å². The topological polar surface area (TPSA) is 17.1 Å². The SMILES string of the molecule is CCc1ccc(C(=O)c2cc(C)c(F)cc2Cl)s1. The van der Waals surface area contributed by atoms with Gasteiger partial charge in [-0.1, -0.05) is 18.5 Å². The number of ketones is 1. The average Bonchev–Trinajstić information content (AvgIpc) is 2.81. The Balaban J connectivity index is 2.42. The van der Waals surface area contributed by atoms with E-state index in [9.17, 15) is 9.18 Å². The van der Waals surface area contributed by atoms with Crippen LogP contribution >= 0.6 is 22.9 Å². The monoisotopic (exact) mass is 282 g/mol. The summed E-state index contributed by atoms with van der Waals surface area (Å²) in [5.74, 6) is -0.537. The summed E-state index contributed by atoms with van der Waals surface area (Å²) in [6, 6.07) is 6.42. The van der Waals surface area contributed by atoms with Crippen LogP contribution in [0.15, 0.2) is 24.3 Å². The van der Waals surface area contributed by atoms with Crippen LogP contribution in [0, 0.1) is 12.7 Å². The molecule has 1 aromatic heterocycles. The van der Waals surface area contributed by atoms with E-state index in [0.29, 0.717) is 16.0 Å². The van der Waals surface area contributed by atoms with Crippen LogP contribution in [0.1, 0.15) is 32.6 Å². The fourth-order valence-corrected chi connectivity index (χ4v) is 2.79. The molecule has 0 unspecified atom stereocenters. The third-order valence-corrected chi connectivity index (χ3v) is 4.27. The first-order valence-corrected chi connectivity index (χ1v) is 6.81. The van der Waals surface area contributed by atoms with Gasteiger partial charge in [-0.3, -0.25) is 4.79 Å². The van der Waals surface area contributed by atoms with Gasteiger partial charge < -0.3 is 0 Å². The predicted molar refractivity (Wildman–Crippen MR) is 73.3 cm³/mol. The fourth-order valence-electron chi connectivity index (χ4n) is 1.65. The van der Waals surface area contributed by atoms with Gasteiger partial charge in [0.05, 0.1) is 9.90 Å². The van der Waals surface area contributed by atoms with Crippen LogP contribution in [-0.4, -0.2) is 5.78 Å². The van der Waals surface area contributed by atoms with Crippen LogP contribution in [-0.2, 0) is 6.42 Å². The molecule has 0 aliphatic heterocycles. The number of aryl methyl sites for hydroxylation is 2. The number of carbonyl (C=O) groups is 1. The summed E-state index contributed by atoms with van der Waals surface area (Å²) in [5.41, 5.74) is 0.787. The van der Waals surface area contributed by atoms with Gasteiger partial charge in [-0.15, -0.1) is 11.3 Å². The summed E-state index contributed by atoms with van der Waals surface area (Å²) in [4.78, 5) is 14.0. The number of thiophene rings is 1. The summed E-state index contributed by atoms with van der Waals surface area (Å²) in [6.07, 6.45) is 0.897. The highest BCUT2D eigenvalue weighted by Gasteiger charge is 2.16. The smallest absolute Gasteiger partial charge is 0.204 e. The molecular weight excluding hydrogens is 271 g/mol. The summed E-state index contributed by atoms with van der Waals surface area (Å²) in [6.45, 7) is 3.66. The average molecular weight is 283 g/mol. The normalized spacial score (nSPS) is 10.7.